The minimum absolute atomic E-state index is 0.168. The van der Waals surface area contributed by atoms with Crippen LogP contribution in [-0.4, -0.2) is 20.5 Å². The summed E-state index contributed by atoms with van der Waals surface area (Å²) < 4.78 is 10.0. The maximum absolute atomic E-state index is 5.00. The van der Waals surface area contributed by atoms with Crippen LogP contribution in [0.5, 0.6) is 0 Å². The Morgan fingerprint density at radius 2 is 1.77 bits per heavy atom. The predicted octanol–water partition coefficient (Wildman–Crippen LogP) is 2.58. The normalized spacial score (nSPS) is 9.85. The molecule has 0 amide bonds. The van der Waals surface area contributed by atoms with Crippen LogP contribution >= 0.6 is 0 Å². The molecule has 0 aliphatic heterocycles. The van der Waals surface area contributed by atoms with Crippen molar-refractivity contribution in [1.29, 1.82) is 0 Å². The lowest BCUT2D eigenvalue weighted by Crippen LogP contribution is -2.11. The molecule has 0 aliphatic rings. The molecule has 0 N–H and O–H groups in total. The molecule has 0 saturated heterocycles. The molecule has 0 heterocycles. The monoisotopic (exact) mass is 184 g/mol. The zero-order chi connectivity index (χ0) is 9.94. The summed E-state index contributed by atoms with van der Waals surface area (Å²) >= 11 is 0. The molecule has 13 heavy (non-hydrogen) atoms. The molecule has 0 spiro atoms. The molecule has 0 aromatic rings. The summed E-state index contributed by atoms with van der Waals surface area (Å²) in [5.74, 6) is 6.16. The molecular formula is C11H20O2. The van der Waals surface area contributed by atoms with Gasteiger partial charge in [-0.1, -0.05) is 25.7 Å². The summed E-state index contributed by atoms with van der Waals surface area (Å²) in [4.78, 5) is 0. The van der Waals surface area contributed by atoms with Gasteiger partial charge in [-0.15, -0.1) is 5.92 Å². The summed E-state index contributed by atoms with van der Waals surface area (Å²) in [5, 5.41) is 0. The van der Waals surface area contributed by atoms with Crippen LogP contribution in [-0.2, 0) is 9.47 Å². The third-order valence-electron chi connectivity index (χ3n) is 1.82. The average Bonchev–Trinajstić information content (AvgIpc) is 2.17. The fourth-order valence-electron chi connectivity index (χ4n) is 0.970. The summed E-state index contributed by atoms with van der Waals surface area (Å²) in [7, 11) is 3.26. The zero-order valence-corrected chi connectivity index (χ0v) is 8.93. The number of hydrogen-bond donors (Lipinski definition) is 0. The highest BCUT2D eigenvalue weighted by molar-refractivity contribution is 4.99. The Labute approximate surface area is 81.6 Å². The summed E-state index contributed by atoms with van der Waals surface area (Å²) in [6.45, 7) is 2.19. The predicted molar refractivity (Wildman–Crippen MR) is 54.3 cm³/mol. The lowest BCUT2D eigenvalue weighted by Gasteiger charge is -2.08. The number of hydrogen-bond acceptors (Lipinski definition) is 2. The second-order valence-electron chi connectivity index (χ2n) is 2.92. The quantitative estimate of drug-likeness (QED) is 0.359. The van der Waals surface area contributed by atoms with Gasteiger partial charge in [0.2, 0.25) is 0 Å². The minimum atomic E-state index is -0.168. The molecule has 0 atom stereocenters. The van der Waals surface area contributed by atoms with E-state index in [0.29, 0.717) is 6.42 Å². The molecule has 0 radical (unpaired) electrons. The lowest BCUT2D eigenvalue weighted by atomic mass is 10.2. The topological polar surface area (TPSA) is 18.5 Å². The van der Waals surface area contributed by atoms with Gasteiger partial charge < -0.3 is 9.47 Å². The van der Waals surface area contributed by atoms with E-state index in [1.54, 1.807) is 14.2 Å². The molecule has 2 nitrogen and oxygen atoms in total. The first kappa shape index (κ1) is 12.5. The van der Waals surface area contributed by atoms with Gasteiger partial charge in [-0.2, -0.15) is 0 Å². The van der Waals surface area contributed by atoms with Crippen molar-refractivity contribution in [2.75, 3.05) is 14.2 Å². The zero-order valence-electron chi connectivity index (χ0n) is 8.93. The first-order valence-corrected chi connectivity index (χ1v) is 4.86. The van der Waals surface area contributed by atoms with Gasteiger partial charge >= 0.3 is 0 Å². The standard InChI is InChI=1S/C11H20O2/c1-4-5-6-7-8-9-10-11(12-2)13-3/h11H,4-7,10H2,1-3H3. The Morgan fingerprint density at radius 3 is 2.31 bits per heavy atom. The summed E-state index contributed by atoms with van der Waals surface area (Å²) in [6.07, 6.45) is 5.22. The number of ether oxygens (including phenoxy) is 2. The van der Waals surface area contributed by atoms with Crippen LogP contribution in [0.2, 0.25) is 0 Å². The maximum Gasteiger partial charge on any atom is 0.167 e. The average molecular weight is 184 g/mol. The van der Waals surface area contributed by atoms with Gasteiger partial charge in [0.05, 0.1) is 6.42 Å². The molecule has 0 fully saturated rings. The SMILES string of the molecule is CCCCCC#CCC(OC)OC. The van der Waals surface area contributed by atoms with E-state index in [1.807, 2.05) is 0 Å². The molecule has 0 unspecified atom stereocenters. The Bertz CT molecular complexity index is 151. The maximum atomic E-state index is 5.00. The smallest absolute Gasteiger partial charge is 0.167 e. The van der Waals surface area contributed by atoms with Gasteiger partial charge in [0.25, 0.3) is 0 Å². The van der Waals surface area contributed by atoms with Gasteiger partial charge in [-0.25, -0.2) is 0 Å². The van der Waals surface area contributed by atoms with Crippen molar-refractivity contribution >= 4 is 0 Å². The molecule has 0 aromatic carbocycles. The van der Waals surface area contributed by atoms with Gasteiger partial charge in [0, 0.05) is 20.6 Å². The van der Waals surface area contributed by atoms with Crippen molar-refractivity contribution in [2.24, 2.45) is 0 Å². The van der Waals surface area contributed by atoms with Crippen LogP contribution in [0, 0.1) is 11.8 Å². The Hall–Kier alpha value is -0.520. The number of rotatable bonds is 6. The van der Waals surface area contributed by atoms with E-state index in [4.69, 9.17) is 9.47 Å². The van der Waals surface area contributed by atoms with E-state index in [9.17, 15) is 0 Å². The highest BCUT2D eigenvalue weighted by atomic mass is 16.7. The molecule has 0 saturated carbocycles. The van der Waals surface area contributed by atoms with Crippen LogP contribution < -0.4 is 0 Å². The van der Waals surface area contributed by atoms with Crippen molar-refractivity contribution in [2.45, 2.75) is 45.3 Å². The molecule has 0 bridgehead atoms. The van der Waals surface area contributed by atoms with Gasteiger partial charge in [0.15, 0.2) is 6.29 Å². The van der Waals surface area contributed by atoms with Crippen molar-refractivity contribution in [3.63, 3.8) is 0 Å². The lowest BCUT2D eigenvalue weighted by molar-refractivity contribution is -0.0972. The van der Waals surface area contributed by atoms with Gasteiger partial charge in [-0.3, -0.25) is 0 Å². The largest absolute Gasteiger partial charge is 0.355 e. The van der Waals surface area contributed by atoms with Gasteiger partial charge in [-0.05, 0) is 6.42 Å². The number of unbranched alkanes of at least 4 members (excludes halogenated alkanes) is 3. The first-order chi connectivity index (χ1) is 6.35. The van der Waals surface area contributed by atoms with Crippen LogP contribution in [0.4, 0.5) is 0 Å². The van der Waals surface area contributed by atoms with Crippen LogP contribution in [0.1, 0.15) is 39.0 Å². The van der Waals surface area contributed by atoms with Crippen LogP contribution in [0.3, 0.4) is 0 Å². The van der Waals surface area contributed by atoms with Crippen molar-refractivity contribution in [1.82, 2.24) is 0 Å². The van der Waals surface area contributed by atoms with E-state index < -0.39 is 0 Å². The second-order valence-corrected chi connectivity index (χ2v) is 2.92. The van der Waals surface area contributed by atoms with E-state index >= 15 is 0 Å². The van der Waals surface area contributed by atoms with E-state index in [-0.39, 0.29) is 6.29 Å². The summed E-state index contributed by atoms with van der Waals surface area (Å²) in [5.41, 5.74) is 0. The van der Waals surface area contributed by atoms with Crippen LogP contribution in [0.25, 0.3) is 0 Å². The van der Waals surface area contributed by atoms with Crippen LogP contribution in [0.15, 0.2) is 0 Å². The van der Waals surface area contributed by atoms with Gasteiger partial charge in [0.1, 0.15) is 0 Å². The molecule has 2 heteroatoms. The minimum Gasteiger partial charge on any atom is -0.355 e. The molecule has 0 aliphatic carbocycles. The van der Waals surface area contributed by atoms with Crippen molar-refractivity contribution in [3.05, 3.63) is 0 Å². The van der Waals surface area contributed by atoms with E-state index in [2.05, 4.69) is 18.8 Å². The Balaban J connectivity index is 3.37. The second kappa shape index (κ2) is 9.57. The Morgan fingerprint density at radius 1 is 1.08 bits per heavy atom. The van der Waals surface area contributed by atoms with Crippen molar-refractivity contribution in [3.8, 4) is 11.8 Å². The molecule has 0 rings (SSSR count). The molecule has 76 valence electrons. The van der Waals surface area contributed by atoms with E-state index in [0.717, 1.165) is 6.42 Å². The number of methoxy groups -OCH3 is 2. The molecular weight excluding hydrogens is 164 g/mol. The highest BCUT2D eigenvalue weighted by Gasteiger charge is 1.99. The Kier molecular flexibility index (Phi) is 9.18. The van der Waals surface area contributed by atoms with E-state index in [1.165, 1.54) is 19.3 Å². The third kappa shape index (κ3) is 7.83. The molecule has 0 aromatic heterocycles. The fourth-order valence-corrected chi connectivity index (χ4v) is 0.970. The highest BCUT2D eigenvalue weighted by Crippen LogP contribution is 1.98. The first-order valence-electron chi connectivity index (χ1n) is 4.86. The summed E-state index contributed by atoms with van der Waals surface area (Å²) in [6, 6.07) is 0. The van der Waals surface area contributed by atoms with Crippen molar-refractivity contribution < 1.29 is 9.47 Å². The fraction of sp³-hybridized carbons (Fsp3) is 0.818. The third-order valence-corrected chi connectivity index (χ3v) is 1.82.